The molecule has 0 radical (unpaired) electrons. The Labute approximate surface area is 120 Å². The van der Waals surface area contributed by atoms with Crippen molar-refractivity contribution in [2.75, 3.05) is 25.0 Å². The molecule has 0 aliphatic carbocycles. The number of nitrogens with zero attached hydrogens (tertiary/aromatic N) is 4. The summed E-state index contributed by atoms with van der Waals surface area (Å²) in [5, 5.41) is 3.38. The van der Waals surface area contributed by atoms with Crippen molar-refractivity contribution in [3.63, 3.8) is 0 Å². The van der Waals surface area contributed by atoms with Gasteiger partial charge in [0.1, 0.15) is 5.52 Å². The fourth-order valence-corrected chi connectivity index (χ4v) is 3.13. The summed E-state index contributed by atoms with van der Waals surface area (Å²) in [5.74, 6) is 1.71. The van der Waals surface area contributed by atoms with Crippen LogP contribution >= 0.6 is 0 Å². The Morgan fingerprint density at radius 1 is 1.40 bits per heavy atom. The van der Waals surface area contributed by atoms with Gasteiger partial charge in [0.2, 0.25) is 0 Å². The van der Waals surface area contributed by atoms with Gasteiger partial charge >= 0.3 is 0 Å². The molecule has 5 heteroatoms. The van der Waals surface area contributed by atoms with E-state index in [0.29, 0.717) is 12.0 Å². The van der Waals surface area contributed by atoms with E-state index in [-0.39, 0.29) is 0 Å². The Morgan fingerprint density at radius 3 is 3.05 bits per heavy atom. The van der Waals surface area contributed by atoms with E-state index in [9.17, 15) is 0 Å². The Morgan fingerprint density at radius 2 is 2.25 bits per heavy atom. The highest BCUT2D eigenvalue weighted by molar-refractivity contribution is 5.86. The first-order valence-electron chi connectivity index (χ1n) is 7.39. The van der Waals surface area contributed by atoms with Crippen LogP contribution in [0, 0.1) is 5.92 Å². The Kier molecular flexibility index (Phi) is 3.61. The minimum absolute atomic E-state index is 0.542. The summed E-state index contributed by atoms with van der Waals surface area (Å²) in [6.45, 7) is 4.41. The molecule has 1 aliphatic rings. The molecular formula is C15H23N5. The largest absolute Gasteiger partial charge is 0.354 e. The molecule has 0 spiro atoms. The first-order chi connectivity index (χ1) is 9.70. The number of anilines is 1. The second kappa shape index (κ2) is 5.40. The molecule has 20 heavy (non-hydrogen) atoms. The van der Waals surface area contributed by atoms with Crippen molar-refractivity contribution >= 4 is 16.9 Å². The Bertz CT molecular complexity index is 591. The fourth-order valence-electron chi connectivity index (χ4n) is 3.13. The van der Waals surface area contributed by atoms with E-state index in [1.54, 1.807) is 0 Å². The molecule has 3 heterocycles. The minimum atomic E-state index is 0.542. The zero-order valence-corrected chi connectivity index (χ0v) is 12.5. The van der Waals surface area contributed by atoms with Crippen molar-refractivity contribution in [1.29, 1.82) is 0 Å². The maximum absolute atomic E-state index is 4.59. The Balaban J connectivity index is 1.90. The number of piperidine rings is 1. The van der Waals surface area contributed by atoms with Crippen LogP contribution in [0.15, 0.2) is 18.6 Å². The van der Waals surface area contributed by atoms with Crippen LogP contribution in [0.25, 0.3) is 11.0 Å². The molecule has 2 atom stereocenters. The zero-order valence-electron chi connectivity index (χ0n) is 12.5. The molecule has 1 aliphatic heterocycles. The first-order valence-corrected chi connectivity index (χ1v) is 7.39. The van der Waals surface area contributed by atoms with Gasteiger partial charge in [0.05, 0.1) is 11.8 Å². The summed E-state index contributed by atoms with van der Waals surface area (Å²) in [7, 11) is 4.07. The highest BCUT2D eigenvalue weighted by atomic mass is 15.2. The van der Waals surface area contributed by atoms with Crippen LogP contribution in [0.3, 0.4) is 0 Å². The van der Waals surface area contributed by atoms with E-state index < -0.39 is 0 Å². The fraction of sp³-hybridized carbons (Fsp3) is 0.600. The summed E-state index contributed by atoms with van der Waals surface area (Å²) in [6.07, 6.45) is 6.27. The van der Waals surface area contributed by atoms with Crippen molar-refractivity contribution in [2.24, 2.45) is 13.0 Å². The van der Waals surface area contributed by atoms with Gasteiger partial charge in [-0.05, 0) is 38.8 Å². The standard InChI is InChI=1S/C15H23N5/c1-11(16-2)12-5-4-8-20(9-12)15-14-13(6-7-17-15)19(3)10-18-14/h6-7,10-12,16H,4-5,8-9H2,1-3H3. The molecule has 2 aromatic rings. The average Bonchev–Trinajstić information content (AvgIpc) is 2.88. The van der Waals surface area contributed by atoms with Crippen LogP contribution in [-0.4, -0.2) is 40.7 Å². The predicted molar refractivity (Wildman–Crippen MR) is 82.0 cm³/mol. The van der Waals surface area contributed by atoms with Crippen LogP contribution in [-0.2, 0) is 7.05 Å². The van der Waals surface area contributed by atoms with Gasteiger partial charge in [-0.15, -0.1) is 0 Å². The van der Waals surface area contributed by atoms with Crippen LogP contribution in [0.2, 0.25) is 0 Å². The second-order valence-electron chi connectivity index (χ2n) is 5.78. The summed E-state index contributed by atoms with van der Waals surface area (Å²) >= 11 is 0. The summed E-state index contributed by atoms with van der Waals surface area (Å²) in [5.41, 5.74) is 2.17. The first kappa shape index (κ1) is 13.4. The molecule has 5 nitrogen and oxygen atoms in total. The lowest BCUT2D eigenvalue weighted by Gasteiger charge is -2.36. The quantitative estimate of drug-likeness (QED) is 0.926. The maximum atomic E-state index is 4.59. The van der Waals surface area contributed by atoms with Gasteiger partial charge in [0.25, 0.3) is 0 Å². The van der Waals surface area contributed by atoms with Crippen LogP contribution in [0.1, 0.15) is 19.8 Å². The van der Waals surface area contributed by atoms with Gasteiger partial charge in [-0.2, -0.15) is 0 Å². The molecule has 2 unspecified atom stereocenters. The SMILES string of the molecule is CNC(C)C1CCCN(c2nccc3c2ncn3C)C1. The van der Waals surface area contributed by atoms with E-state index in [2.05, 4.69) is 31.7 Å². The average molecular weight is 273 g/mol. The summed E-state index contributed by atoms with van der Waals surface area (Å²) in [6, 6.07) is 2.57. The molecule has 2 aromatic heterocycles. The van der Waals surface area contributed by atoms with Gasteiger partial charge in [-0.3, -0.25) is 0 Å². The number of rotatable bonds is 3. The normalized spacial score (nSPS) is 21.4. The number of pyridine rings is 1. The number of fused-ring (bicyclic) bond motifs is 1. The third-order valence-corrected chi connectivity index (χ3v) is 4.54. The van der Waals surface area contributed by atoms with Crippen molar-refractivity contribution in [3.8, 4) is 0 Å². The molecule has 0 saturated carbocycles. The molecule has 1 N–H and O–H groups in total. The van der Waals surface area contributed by atoms with Gasteiger partial charge in [0, 0.05) is 32.4 Å². The highest BCUT2D eigenvalue weighted by Crippen LogP contribution is 2.28. The smallest absolute Gasteiger partial charge is 0.156 e. The highest BCUT2D eigenvalue weighted by Gasteiger charge is 2.26. The van der Waals surface area contributed by atoms with Crippen LogP contribution < -0.4 is 10.2 Å². The third kappa shape index (κ3) is 2.26. The van der Waals surface area contributed by atoms with Crippen molar-refractivity contribution in [2.45, 2.75) is 25.8 Å². The number of aromatic nitrogens is 3. The molecule has 108 valence electrons. The van der Waals surface area contributed by atoms with E-state index in [1.807, 2.05) is 32.7 Å². The van der Waals surface area contributed by atoms with Gasteiger partial charge in [0.15, 0.2) is 5.82 Å². The van der Waals surface area contributed by atoms with Crippen molar-refractivity contribution in [1.82, 2.24) is 19.9 Å². The molecule has 1 saturated heterocycles. The van der Waals surface area contributed by atoms with Crippen LogP contribution in [0.4, 0.5) is 5.82 Å². The lowest BCUT2D eigenvalue weighted by molar-refractivity contribution is 0.332. The van der Waals surface area contributed by atoms with Crippen molar-refractivity contribution < 1.29 is 0 Å². The monoisotopic (exact) mass is 273 g/mol. The lowest BCUT2D eigenvalue weighted by atomic mass is 9.91. The Hall–Kier alpha value is -1.62. The van der Waals surface area contributed by atoms with E-state index >= 15 is 0 Å². The van der Waals surface area contributed by atoms with Crippen LogP contribution in [0.5, 0.6) is 0 Å². The number of hydrogen-bond acceptors (Lipinski definition) is 4. The van der Waals surface area contributed by atoms with Gasteiger partial charge in [-0.1, -0.05) is 0 Å². The van der Waals surface area contributed by atoms with E-state index in [0.717, 1.165) is 29.9 Å². The van der Waals surface area contributed by atoms with Gasteiger partial charge < -0.3 is 14.8 Å². The maximum Gasteiger partial charge on any atom is 0.156 e. The number of hydrogen-bond donors (Lipinski definition) is 1. The lowest BCUT2D eigenvalue weighted by Crippen LogP contribution is -2.43. The molecular weight excluding hydrogens is 250 g/mol. The minimum Gasteiger partial charge on any atom is -0.354 e. The van der Waals surface area contributed by atoms with Gasteiger partial charge in [-0.25, -0.2) is 9.97 Å². The number of aryl methyl sites for hydroxylation is 1. The zero-order chi connectivity index (χ0) is 14.1. The summed E-state index contributed by atoms with van der Waals surface area (Å²) < 4.78 is 2.05. The van der Waals surface area contributed by atoms with E-state index in [1.165, 1.54) is 12.8 Å². The number of nitrogens with one attached hydrogen (secondary N) is 1. The molecule has 3 rings (SSSR count). The topological polar surface area (TPSA) is 46.0 Å². The molecule has 1 fully saturated rings. The molecule has 0 aromatic carbocycles. The third-order valence-electron chi connectivity index (χ3n) is 4.54. The predicted octanol–water partition coefficient (Wildman–Crippen LogP) is 1.79. The summed E-state index contributed by atoms with van der Waals surface area (Å²) in [4.78, 5) is 11.5. The van der Waals surface area contributed by atoms with Crippen molar-refractivity contribution in [3.05, 3.63) is 18.6 Å². The van der Waals surface area contributed by atoms with E-state index in [4.69, 9.17) is 0 Å². The molecule has 0 amide bonds. The second-order valence-corrected chi connectivity index (χ2v) is 5.78. The number of imidazole rings is 1. The molecule has 0 bridgehead atoms.